The first kappa shape index (κ1) is 22.2. The number of allylic oxidation sites excluding steroid dienone is 3. The van der Waals surface area contributed by atoms with Gasteiger partial charge >= 0.3 is 5.97 Å². The number of esters is 1. The molecule has 0 unspecified atom stereocenters. The number of Topliss-reactive ketones (excluding diaryl/α,β-unsaturated/α-hetero) is 1. The van der Waals surface area contributed by atoms with Gasteiger partial charge in [0.2, 0.25) is 0 Å². The van der Waals surface area contributed by atoms with Gasteiger partial charge in [0.1, 0.15) is 5.75 Å². The second-order valence-corrected chi connectivity index (χ2v) is 8.74. The fraction of sp³-hybridized carbons (Fsp3) is 0.308. The van der Waals surface area contributed by atoms with Crippen LogP contribution in [0.25, 0.3) is 0 Å². The first-order chi connectivity index (χ1) is 15.4. The number of hydrogen-bond acceptors (Lipinski definition) is 5. The summed E-state index contributed by atoms with van der Waals surface area (Å²) in [4.78, 5) is 26.5. The Morgan fingerprint density at radius 3 is 2.59 bits per heavy atom. The average Bonchev–Trinajstić information content (AvgIpc) is 2.76. The highest BCUT2D eigenvalue weighted by atomic mass is 35.5. The van der Waals surface area contributed by atoms with Gasteiger partial charge in [-0.1, -0.05) is 42.8 Å². The van der Waals surface area contributed by atoms with Gasteiger partial charge in [0, 0.05) is 34.3 Å². The lowest BCUT2D eigenvalue weighted by molar-refractivity contribution is -0.139. The van der Waals surface area contributed by atoms with Gasteiger partial charge < -0.3 is 15.2 Å². The SMILES string of the molecule is CCCOC(=O)C1=C(C)NC2=C(C(=O)C[C@H](c3ccc(Cl)cc3)C2)[C@@H]1c1cccc(O)c1. The molecule has 32 heavy (non-hydrogen) atoms. The van der Waals surface area contributed by atoms with Crippen molar-refractivity contribution in [2.75, 3.05) is 6.61 Å². The monoisotopic (exact) mass is 451 g/mol. The maximum atomic E-state index is 13.5. The molecule has 0 fully saturated rings. The first-order valence-corrected chi connectivity index (χ1v) is 11.2. The molecule has 2 atom stereocenters. The highest BCUT2D eigenvalue weighted by molar-refractivity contribution is 6.30. The summed E-state index contributed by atoms with van der Waals surface area (Å²) in [6.45, 7) is 4.07. The van der Waals surface area contributed by atoms with Crippen LogP contribution in [0.3, 0.4) is 0 Å². The van der Waals surface area contributed by atoms with Crippen molar-refractivity contribution in [1.29, 1.82) is 0 Å². The summed E-state index contributed by atoms with van der Waals surface area (Å²) < 4.78 is 5.45. The van der Waals surface area contributed by atoms with E-state index in [1.54, 1.807) is 18.2 Å². The van der Waals surface area contributed by atoms with Crippen molar-refractivity contribution >= 4 is 23.4 Å². The van der Waals surface area contributed by atoms with Crippen LogP contribution in [0.15, 0.2) is 71.1 Å². The molecule has 4 rings (SSSR count). The van der Waals surface area contributed by atoms with Gasteiger partial charge in [0.05, 0.1) is 12.2 Å². The van der Waals surface area contributed by atoms with E-state index in [0.29, 0.717) is 53.3 Å². The van der Waals surface area contributed by atoms with Crippen LogP contribution in [0.4, 0.5) is 0 Å². The summed E-state index contributed by atoms with van der Waals surface area (Å²) in [5, 5.41) is 14.1. The Hall–Kier alpha value is -3.05. The Kier molecular flexibility index (Phi) is 6.38. The largest absolute Gasteiger partial charge is 0.508 e. The zero-order valence-electron chi connectivity index (χ0n) is 18.2. The number of halogens is 1. The molecule has 0 bridgehead atoms. The van der Waals surface area contributed by atoms with Crippen molar-refractivity contribution in [3.05, 3.63) is 87.2 Å². The standard InChI is InChI=1S/C26H26ClNO4/c1-3-11-32-26(31)23-15(2)28-21-13-18(16-7-9-19(27)10-8-16)14-22(30)25(21)24(23)17-5-4-6-20(29)12-17/h4-10,12,18,24,28-29H,3,11,13-14H2,1-2H3/t18-,24-/m1/s1. The maximum absolute atomic E-state index is 13.5. The van der Waals surface area contributed by atoms with Gasteiger partial charge in [-0.15, -0.1) is 0 Å². The molecule has 2 aliphatic rings. The molecule has 166 valence electrons. The number of carbonyl (C=O) groups excluding carboxylic acids is 2. The Morgan fingerprint density at radius 1 is 1.16 bits per heavy atom. The fourth-order valence-corrected chi connectivity index (χ4v) is 4.72. The van der Waals surface area contributed by atoms with Crippen LogP contribution in [0.1, 0.15) is 56.1 Å². The smallest absolute Gasteiger partial charge is 0.336 e. The fourth-order valence-electron chi connectivity index (χ4n) is 4.59. The van der Waals surface area contributed by atoms with E-state index in [2.05, 4.69) is 5.32 Å². The third-order valence-electron chi connectivity index (χ3n) is 6.03. The number of ketones is 1. The molecule has 2 N–H and O–H groups in total. The van der Waals surface area contributed by atoms with Crippen LogP contribution < -0.4 is 5.32 Å². The molecule has 0 saturated carbocycles. The molecule has 1 aliphatic carbocycles. The van der Waals surface area contributed by atoms with Crippen LogP contribution in [0.5, 0.6) is 5.75 Å². The lowest BCUT2D eigenvalue weighted by Gasteiger charge is -2.36. The lowest BCUT2D eigenvalue weighted by atomic mass is 9.71. The Morgan fingerprint density at radius 2 is 1.91 bits per heavy atom. The van der Waals surface area contributed by atoms with E-state index in [-0.39, 0.29) is 17.5 Å². The molecule has 0 radical (unpaired) electrons. The highest BCUT2D eigenvalue weighted by Gasteiger charge is 2.41. The molecular formula is C26H26ClNO4. The molecule has 0 spiro atoms. The number of nitrogens with one attached hydrogen (secondary N) is 1. The zero-order chi connectivity index (χ0) is 22.8. The average molecular weight is 452 g/mol. The quantitative estimate of drug-likeness (QED) is 0.598. The molecule has 1 heterocycles. The van der Waals surface area contributed by atoms with Crippen LogP contribution in [-0.4, -0.2) is 23.5 Å². The number of aromatic hydroxyl groups is 1. The van der Waals surface area contributed by atoms with E-state index in [0.717, 1.165) is 11.3 Å². The van der Waals surface area contributed by atoms with Crippen molar-refractivity contribution in [3.8, 4) is 5.75 Å². The van der Waals surface area contributed by atoms with Crippen LogP contribution >= 0.6 is 11.6 Å². The van der Waals surface area contributed by atoms with Gasteiger partial charge in [-0.25, -0.2) is 4.79 Å². The minimum atomic E-state index is -0.582. The predicted molar refractivity (Wildman–Crippen MR) is 123 cm³/mol. The van der Waals surface area contributed by atoms with Crippen LogP contribution in [0, 0.1) is 0 Å². The molecule has 1 aliphatic heterocycles. The summed E-state index contributed by atoms with van der Waals surface area (Å²) in [5.74, 6) is -0.923. The second-order valence-electron chi connectivity index (χ2n) is 8.30. The van der Waals surface area contributed by atoms with Crippen molar-refractivity contribution in [2.45, 2.75) is 44.9 Å². The van der Waals surface area contributed by atoms with E-state index in [1.165, 1.54) is 0 Å². The maximum Gasteiger partial charge on any atom is 0.336 e. The number of ether oxygens (including phenoxy) is 1. The van der Waals surface area contributed by atoms with Crippen molar-refractivity contribution in [3.63, 3.8) is 0 Å². The van der Waals surface area contributed by atoms with Crippen molar-refractivity contribution in [1.82, 2.24) is 5.32 Å². The van der Waals surface area contributed by atoms with Crippen molar-refractivity contribution < 1.29 is 19.4 Å². The summed E-state index contributed by atoms with van der Waals surface area (Å²) >= 11 is 6.03. The number of rotatable bonds is 5. The summed E-state index contributed by atoms with van der Waals surface area (Å²) in [6.07, 6.45) is 1.69. The van der Waals surface area contributed by atoms with Gasteiger partial charge in [-0.2, -0.15) is 0 Å². The Balaban J connectivity index is 1.77. The van der Waals surface area contributed by atoms with Crippen LogP contribution in [-0.2, 0) is 14.3 Å². The minimum absolute atomic E-state index is 0.0136. The molecule has 2 aromatic carbocycles. The molecule has 0 aromatic heterocycles. The summed E-state index contributed by atoms with van der Waals surface area (Å²) in [5.41, 5.74) is 4.23. The number of hydrogen-bond donors (Lipinski definition) is 2. The molecule has 5 nitrogen and oxygen atoms in total. The first-order valence-electron chi connectivity index (χ1n) is 10.8. The van der Waals surface area contributed by atoms with Crippen LogP contribution in [0.2, 0.25) is 5.02 Å². The van der Waals surface area contributed by atoms with E-state index < -0.39 is 11.9 Å². The van der Waals surface area contributed by atoms with Gasteiger partial charge in [-0.3, -0.25) is 4.79 Å². The summed E-state index contributed by atoms with van der Waals surface area (Å²) in [7, 11) is 0. The van der Waals surface area contributed by atoms with Crippen molar-refractivity contribution in [2.24, 2.45) is 0 Å². The normalized spacial score (nSPS) is 20.7. The minimum Gasteiger partial charge on any atom is -0.508 e. The number of phenolic OH excluding ortho intramolecular Hbond substituents is 1. The Bertz CT molecular complexity index is 1120. The number of benzene rings is 2. The summed E-state index contributed by atoms with van der Waals surface area (Å²) in [6, 6.07) is 14.3. The predicted octanol–water partition coefficient (Wildman–Crippen LogP) is 5.36. The molecular weight excluding hydrogens is 426 g/mol. The van der Waals surface area contributed by atoms with E-state index in [1.807, 2.05) is 44.2 Å². The van der Waals surface area contributed by atoms with E-state index >= 15 is 0 Å². The van der Waals surface area contributed by atoms with Gasteiger partial charge in [0.15, 0.2) is 5.78 Å². The van der Waals surface area contributed by atoms with E-state index in [9.17, 15) is 14.7 Å². The molecule has 0 amide bonds. The number of carbonyl (C=O) groups is 2. The zero-order valence-corrected chi connectivity index (χ0v) is 18.9. The third kappa shape index (κ3) is 4.30. The van der Waals surface area contributed by atoms with Gasteiger partial charge in [-0.05, 0) is 61.1 Å². The molecule has 6 heteroatoms. The van der Waals surface area contributed by atoms with Gasteiger partial charge in [0.25, 0.3) is 0 Å². The third-order valence-corrected chi connectivity index (χ3v) is 6.28. The second kappa shape index (κ2) is 9.21. The lowest BCUT2D eigenvalue weighted by Crippen LogP contribution is -2.36. The number of phenols is 1. The molecule has 0 saturated heterocycles. The highest BCUT2D eigenvalue weighted by Crippen LogP contribution is 2.46. The Labute approximate surface area is 192 Å². The molecule has 2 aromatic rings. The topological polar surface area (TPSA) is 75.6 Å². The number of dihydropyridines is 1. The van der Waals surface area contributed by atoms with E-state index in [4.69, 9.17) is 16.3 Å².